The van der Waals surface area contributed by atoms with E-state index >= 15 is 0 Å². The van der Waals surface area contributed by atoms with Crippen LogP contribution < -0.4 is 15.7 Å². The van der Waals surface area contributed by atoms with Gasteiger partial charge in [-0.15, -0.1) is 0 Å². The summed E-state index contributed by atoms with van der Waals surface area (Å²) in [5, 5.41) is 12.4. The van der Waals surface area contributed by atoms with Gasteiger partial charge in [-0.25, -0.2) is 10.5 Å². The predicted molar refractivity (Wildman–Crippen MR) is 144 cm³/mol. The second-order valence-corrected chi connectivity index (χ2v) is 9.32. The van der Waals surface area contributed by atoms with Gasteiger partial charge in [-0.1, -0.05) is 19.9 Å². The summed E-state index contributed by atoms with van der Waals surface area (Å²) in [5.41, 5.74) is 5.36. The molecule has 2 rings (SSSR count). The molecule has 0 aliphatic carbocycles. The fourth-order valence-electron chi connectivity index (χ4n) is 3.72. The van der Waals surface area contributed by atoms with Gasteiger partial charge in [0.1, 0.15) is 18.7 Å². The van der Waals surface area contributed by atoms with E-state index in [0.29, 0.717) is 44.8 Å². The van der Waals surface area contributed by atoms with E-state index in [-0.39, 0.29) is 37.5 Å². The molecule has 1 atom stereocenters. The first-order valence-electron chi connectivity index (χ1n) is 12.8. The molecule has 1 aromatic heterocycles. The zero-order valence-electron chi connectivity index (χ0n) is 22.4. The van der Waals surface area contributed by atoms with Gasteiger partial charge in [-0.3, -0.25) is 19.4 Å². The van der Waals surface area contributed by atoms with Crippen LogP contribution in [-0.4, -0.2) is 60.4 Å². The molecule has 0 saturated heterocycles. The van der Waals surface area contributed by atoms with E-state index in [1.54, 1.807) is 24.1 Å². The number of hydroxylamine groups is 1. The van der Waals surface area contributed by atoms with Crippen LogP contribution in [0.3, 0.4) is 0 Å². The Labute approximate surface area is 224 Å². The monoisotopic (exact) mass is 527 g/mol. The Kier molecular flexibility index (Phi) is 14.2. The van der Waals surface area contributed by atoms with Crippen LogP contribution in [0.5, 0.6) is 0 Å². The molecule has 0 aliphatic rings. The van der Waals surface area contributed by atoms with E-state index in [4.69, 9.17) is 9.49 Å². The van der Waals surface area contributed by atoms with Crippen molar-refractivity contribution < 1.29 is 29.0 Å². The average molecular weight is 527 g/mol. The van der Waals surface area contributed by atoms with E-state index in [1.165, 1.54) is 18.6 Å². The number of benzene rings is 1. The molecule has 0 radical (unpaired) electrons. The molecule has 12 heteroatoms. The van der Waals surface area contributed by atoms with E-state index in [9.17, 15) is 19.5 Å². The second kappa shape index (κ2) is 17.3. The number of aliphatic hydroxyl groups is 1. The summed E-state index contributed by atoms with van der Waals surface area (Å²) in [6.07, 6.45) is 8.10. The average Bonchev–Trinajstić information content (AvgIpc) is 2.92. The Morgan fingerprint density at radius 2 is 2.03 bits per heavy atom. The summed E-state index contributed by atoms with van der Waals surface area (Å²) in [5.74, 6) is -0.196. The van der Waals surface area contributed by atoms with Crippen molar-refractivity contribution in [3.05, 3.63) is 53.6 Å². The van der Waals surface area contributed by atoms with Gasteiger partial charge in [-0.05, 0) is 48.4 Å². The highest BCUT2D eigenvalue weighted by Gasteiger charge is 2.17. The molecule has 3 N–H and O–H groups in total. The van der Waals surface area contributed by atoms with E-state index in [1.807, 2.05) is 6.07 Å². The van der Waals surface area contributed by atoms with E-state index in [0.717, 1.165) is 23.8 Å². The SMILES string of the molecule is CC(C)CC(BOCc1cc(N(C)C(=O)CCCCC=O)ccc1CO)NOCNC(=O)c1cnccn1. The molecular weight excluding hydrogens is 489 g/mol. The van der Waals surface area contributed by atoms with Crippen LogP contribution in [0.2, 0.25) is 0 Å². The first-order chi connectivity index (χ1) is 18.3. The van der Waals surface area contributed by atoms with Crippen LogP contribution in [-0.2, 0) is 32.3 Å². The van der Waals surface area contributed by atoms with Crippen LogP contribution >= 0.6 is 0 Å². The maximum atomic E-state index is 12.5. The largest absolute Gasteiger partial charge is 0.434 e. The van der Waals surface area contributed by atoms with Crippen molar-refractivity contribution in [3.63, 3.8) is 0 Å². The lowest BCUT2D eigenvalue weighted by atomic mass is 9.82. The highest BCUT2D eigenvalue weighted by atomic mass is 16.7. The van der Waals surface area contributed by atoms with Crippen molar-refractivity contribution in [2.45, 2.75) is 65.1 Å². The number of nitrogens with one attached hydrogen (secondary N) is 2. The zero-order chi connectivity index (χ0) is 27.8. The minimum atomic E-state index is -0.391. The Morgan fingerprint density at radius 1 is 1.21 bits per heavy atom. The van der Waals surface area contributed by atoms with Crippen LogP contribution in [0.4, 0.5) is 5.69 Å². The highest BCUT2D eigenvalue weighted by molar-refractivity contribution is 6.29. The van der Waals surface area contributed by atoms with Gasteiger partial charge in [0.15, 0.2) is 0 Å². The summed E-state index contributed by atoms with van der Waals surface area (Å²) in [6, 6.07) is 5.43. The number of carbonyl (C=O) groups is 3. The number of aliphatic hydroxyl groups excluding tert-OH is 1. The molecular formula is C26H38BN5O6. The van der Waals surface area contributed by atoms with Gasteiger partial charge in [0.05, 0.1) is 19.4 Å². The van der Waals surface area contributed by atoms with Gasteiger partial charge in [0.2, 0.25) is 5.91 Å². The number of anilines is 1. The van der Waals surface area contributed by atoms with Crippen molar-refractivity contribution >= 4 is 31.3 Å². The predicted octanol–water partition coefficient (Wildman–Crippen LogP) is 1.84. The van der Waals surface area contributed by atoms with E-state index < -0.39 is 5.91 Å². The third-order valence-corrected chi connectivity index (χ3v) is 5.77. The lowest BCUT2D eigenvalue weighted by molar-refractivity contribution is -0.118. The van der Waals surface area contributed by atoms with Gasteiger partial charge in [0, 0.05) is 43.9 Å². The maximum Gasteiger partial charge on any atom is 0.294 e. The third-order valence-electron chi connectivity index (χ3n) is 5.77. The molecule has 0 saturated carbocycles. The zero-order valence-corrected chi connectivity index (χ0v) is 22.4. The summed E-state index contributed by atoms with van der Waals surface area (Å²) in [7, 11) is 2.04. The first kappa shape index (κ1) is 31.0. The number of nitrogens with zero attached hydrogens (tertiary/aromatic N) is 3. The standard InChI is InChI=1S/C26H38BN5O6/c1-19(2)13-24(31-38-18-30-26(36)23-15-28-10-11-29-23)27-37-17-21-14-22(9-8-20(21)16-34)32(3)25(35)7-5-4-6-12-33/h8-12,14-15,19,24,27,31,34H,4-7,13,16-18H2,1-3H3,(H,30,36). The van der Waals surface area contributed by atoms with Gasteiger partial charge in [0.25, 0.3) is 13.4 Å². The Morgan fingerprint density at radius 3 is 2.71 bits per heavy atom. The molecule has 0 fully saturated rings. The number of aldehydes is 1. The van der Waals surface area contributed by atoms with Crippen LogP contribution in [0.15, 0.2) is 36.8 Å². The summed E-state index contributed by atoms with van der Waals surface area (Å²) in [4.78, 5) is 49.9. The number of unbranched alkanes of at least 4 members (excludes halogenated alkanes) is 2. The molecule has 0 bridgehead atoms. The molecule has 1 aromatic carbocycles. The fourth-order valence-corrected chi connectivity index (χ4v) is 3.72. The fraction of sp³-hybridized carbons (Fsp3) is 0.500. The third kappa shape index (κ3) is 11.1. The molecule has 206 valence electrons. The quantitative estimate of drug-likeness (QED) is 0.0870. The number of hydrogen-bond donors (Lipinski definition) is 3. The molecule has 1 heterocycles. The Hall–Kier alpha value is -3.19. The van der Waals surface area contributed by atoms with Crippen molar-refractivity contribution in [1.82, 2.24) is 20.8 Å². The number of aromatic nitrogens is 2. The summed E-state index contributed by atoms with van der Waals surface area (Å²) >= 11 is 0. The summed E-state index contributed by atoms with van der Waals surface area (Å²) < 4.78 is 5.96. The second-order valence-electron chi connectivity index (χ2n) is 9.32. The van der Waals surface area contributed by atoms with Crippen molar-refractivity contribution in [3.8, 4) is 0 Å². The molecule has 0 spiro atoms. The van der Waals surface area contributed by atoms with E-state index in [2.05, 4.69) is 34.6 Å². The Bertz CT molecular complexity index is 1010. The highest BCUT2D eigenvalue weighted by Crippen LogP contribution is 2.21. The smallest absolute Gasteiger partial charge is 0.294 e. The number of hydrogen-bond acceptors (Lipinski definition) is 9. The van der Waals surface area contributed by atoms with Crippen molar-refractivity contribution in [2.75, 3.05) is 18.7 Å². The van der Waals surface area contributed by atoms with Gasteiger partial charge < -0.3 is 24.8 Å². The number of rotatable bonds is 18. The minimum absolute atomic E-state index is 0.0377. The van der Waals surface area contributed by atoms with Gasteiger partial charge in [-0.2, -0.15) is 0 Å². The minimum Gasteiger partial charge on any atom is -0.434 e. The summed E-state index contributed by atoms with van der Waals surface area (Å²) in [6.45, 7) is 4.21. The van der Waals surface area contributed by atoms with Crippen LogP contribution in [0.25, 0.3) is 0 Å². The molecule has 0 aliphatic heterocycles. The molecule has 2 aromatic rings. The first-order valence-corrected chi connectivity index (χ1v) is 12.8. The molecule has 38 heavy (non-hydrogen) atoms. The van der Waals surface area contributed by atoms with Crippen molar-refractivity contribution in [1.29, 1.82) is 0 Å². The topological polar surface area (TPSA) is 143 Å². The Balaban J connectivity index is 1.88. The van der Waals surface area contributed by atoms with Gasteiger partial charge >= 0.3 is 0 Å². The van der Waals surface area contributed by atoms with Crippen LogP contribution in [0.1, 0.15) is 67.6 Å². The lowest BCUT2D eigenvalue weighted by Crippen LogP contribution is -2.40. The lowest BCUT2D eigenvalue weighted by Gasteiger charge is -2.21. The molecule has 2 amide bonds. The van der Waals surface area contributed by atoms with Crippen LogP contribution in [0, 0.1) is 5.92 Å². The maximum absolute atomic E-state index is 12.5. The number of amides is 2. The normalized spacial score (nSPS) is 11.7. The van der Waals surface area contributed by atoms with Crippen molar-refractivity contribution in [2.24, 2.45) is 5.92 Å². The molecule has 1 unspecified atom stereocenters. The number of carbonyl (C=O) groups excluding carboxylic acids is 3. The molecule has 11 nitrogen and oxygen atoms in total.